The molecule has 0 radical (unpaired) electrons. The number of nitrogens with zero attached hydrogens (tertiary/aromatic N) is 3. The molecule has 2 aliphatic heterocycles. The van der Waals surface area contributed by atoms with Gasteiger partial charge in [-0.2, -0.15) is 4.31 Å². The van der Waals surface area contributed by atoms with Gasteiger partial charge in [0.05, 0.1) is 4.90 Å². The van der Waals surface area contributed by atoms with Crippen molar-refractivity contribution in [3.63, 3.8) is 0 Å². The minimum Gasteiger partial charge on any atom is -0.334 e. The van der Waals surface area contributed by atoms with Crippen LogP contribution in [0.2, 0.25) is 0 Å². The molecule has 2 amide bonds. The number of carbonyl (C=O) groups excluding carboxylic acids is 1. The third kappa shape index (κ3) is 6.31. The van der Waals surface area contributed by atoms with Gasteiger partial charge in [0.1, 0.15) is 0 Å². The fraction of sp³-hybridized carbons (Fsp3) is 0.500. The van der Waals surface area contributed by atoms with E-state index >= 15 is 0 Å². The molecule has 1 aromatic carbocycles. The SMILES string of the molecule is O=C(NCc1cccnc1)Nc1ccc(S(=O)(=O)N2CCC(N3CCCCCC3)CC2)cc1. The van der Waals surface area contributed by atoms with Crippen LogP contribution in [0.1, 0.15) is 44.1 Å². The van der Waals surface area contributed by atoms with E-state index in [4.69, 9.17) is 0 Å². The van der Waals surface area contributed by atoms with Crippen LogP contribution in [0, 0.1) is 0 Å². The lowest BCUT2D eigenvalue weighted by atomic mass is 10.0. The van der Waals surface area contributed by atoms with E-state index in [1.54, 1.807) is 41.0 Å². The van der Waals surface area contributed by atoms with Crippen LogP contribution in [0.4, 0.5) is 10.5 Å². The number of amides is 2. The second-order valence-corrected chi connectivity index (χ2v) is 10.7. The Morgan fingerprint density at radius 1 is 0.970 bits per heavy atom. The number of sulfonamides is 1. The topological polar surface area (TPSA) is 94.6 Å². The number of likely N-dealkylation sites (tertiary alicyclic amines) is 1. The molecule has 0 spiro atoms. The van der Waals surface area contributed by atoms with Gasteiger partial charge in [0.15, 0.2) is 0 Å². The highest BCUT2D eigenvalue weighted by Crippen LogP contribution is 2.25. The molecular formula is C24H33N5O3S. The second kappa shape index (κ2) is 11.1. The molecule has 33 heavy (non-hydrogen) atoms. The summed E-state index contributed by atoms with van der Waals surface area (Å²) in [7, 11) is -3.54. The monoisotopic (exact) mass is 471 g/mol. The predicted octanol–water partition coefficient (Wildman–Crippen LogP) is 3.43. The molecule has 8 nitrogen and oxygen atoms in total. The van der Waals surface area contributed by atoms with Crippen molar-refractivity contribution in [2.45, 2.75) is 56.0 Å². The lowest BCUT2D eigenvalue weighted by Gasteiger charge is -2.37. The van der Waals surface area contributed by atoms with Gasteiger partial charge in [0.25, 0.3) is 0 Å². The van der Waals surface area contributed by atoms with E-state index in [0.717, 1.165) is 31.5 Å². The van der Waals surface area contributed by atoms with E-state index < -0.39 is 10.0 Å². The Morgan fingerprint density at radius 2 is 1.67 bits per heavy atom. The number of hydrogen-bond acceptors (Lipinski definition) is 5. The van der Waals surface area contributed by atoms with Crippen molar-refractivity contribution in [2.24, 2.45) is 0 Å². The average Bonchev–Trinajstić information content (AvgIpc) is 3.14. The number of hydrogen-bond donors (Lipinski definition) is 2. The van der Waals surface area contributed by atoms with Gasteiger partial charge in [-0.3, -0.25) is 4.98 Å². The predicted molar refractivity (Wildman–Crippen MR) is 128 cm³/mol. The fourth-order valence-corrected chi connectivity index (χ4v) is 6.10. The van der Waals surface area contributed by atoms with Crippen molar-refractivity contribution in [2.75, 3.05) is 31.5 Å². The minimum absolute atomic E-state index is 0.261. The first-order valence-electron chi connectivity index (χ1n) is 11.8. The van der Waals surface area contributed by atoms with Crippen molar-refractivity contribution in [1.29, 1.82) is 0 Å². The van der Waals surface area contributed by atoms with E-state index in [2.05, 4.69) is 20.5 Å². The van der Waals surface area contributed by atoms with Crippen LogP contribution in [-0.4, -0.2) is 60.9 Å². The first kappa shape index (κ1) is 23.7. The molecule has 4 rings (SSSR count). The van der Waals surface area contributed by atoms with Gasteiger partial charge >= 0.3 is 6.03 Å². The highest BCUT2D eigenvalue weighted by atomic mass is 32.2. The number of benzene rings is 1. The van der Waals surface area contributed by atoms with Crippen molar-refractivity contribution < 1.29 is 13.2 Å². The molecule has 178 valence electrons. The lowest BCUT2D eigenvalue weighted by molar-refractivity contribution is 0.144. The number of carbonyl (C=O) groups is 1. The van der Waals surface area contributed by atoms with E-state index in [1.165, 1.54) is 25.7 Å². The zero-order chi connectivity index (χ0) is 23.1. The molecule has 3 heterocycles. The summed E-state index contributed by atoms with van der Waals surface area (Å²) in [5.74, 6) is 0. The van der Waals surface area contributed by atoms with Crippen LogP contribution >= 0.6 is 0 Å². The molecule has 2 saturated heterocycles. The van der Waals surface area contributed by atoms with E-state index in [-0.39, 0.29) is 10.9 Å². The molecule has 2 aliphatic rings. The maximum Gasteiger partial charge on any atom is 0.319 e. The molecule has 0 unspecified atom stereocenters. The highest BCUT2D eigenvalue weighted by molar-refractivity contribution is 7.89. The van der Waals surface area contributed by atoms with E-state index in [9.17, 15) is 13.2 Å². The lowest BCUT2D eigenvalue weighted by Crippen LogP contribution is -2.47. The number of urea groups is 1. The zero-order valence-electron chi connectivity index (χ0n) is 18.9. The quantitative estimate of drug-likeness (QED) is 0.673. The smallest absolute Gasteiger partial charge is 0.319 e. The maximum absolute atomic E-state index is 13.1. The number of pyridine rings is 1. The van der Waals surface area contributed by atoms with Gasteiger partial charge in [0.2, 0.25) is 10.0 Å². The summed E-state index contributed by atoms with van der Waals surface area (Å²) in [6, 6.07) is 10.2. The van der Waals surface area contributed by atoms with Gasteiger partial charge in [-0.25, -0.2) is 13.2 Å². The van der Waals surface area contributed by atoms with Gasteiger partial charge in [-0.1, -0.05) is 18.9 Å². The van der Waals surface area contributed by atoms with Gasteiger partial charge in [-0.15, -0.1) is 0 Å². The third-order valence-electron chi connectivity index (χ3n) is 6.51. The normalized spacial score (nSPS) is 19.0. The largest absolute Gasteiger partial charge is 0.334 e. The molecule has 0 atom stereocenters. The standard InChI is InChI=1S/C24H33N5O3S/c30-24(26-19-20-6-5-13-25-18-20)27-21-7-9-23(10-8-21)33(31,32)29-16-11-22(12-17-29)28-14-3-1-2-4-15-28/h5-10,13,18,22H,1-4,11-12,14-17,19H2,(H2,26,27,30). The maximum atomic E-state index is 13.1. The van der Waals surface area contributed by atoms with Gasteiger partial charge in [-0.05, 0) is 74.7 Å². The minimum atomic E-state index is -3.54. The molecule has 2 N–H and O–H groups in total. The summed E-state index contributed by atoms with van der Waals surface area (Å²) in [5, 5.41) is 5.49. The molecular weight excluding hydrogens is 438 g/mol. The van der Waals surface area contributed by atoms with E-state index in [0.29, 0.717) is 31.4 Å². The summed E-state index contributed by atoms with van der Waals surface area (Å²) in [6.07, 6.45) is 10.3. The zero-order valence-corrected chi connectivity index (χ0v) is 19.8. The van der Waals surface area contributed by atoms with Crippen LogP contribution in [0.25, 0.3) is 0 Å². The molecule has 1 aromatic heterocycles. The first-order chi connectivity index (χ1) is 16.0. The third-order valence-corrected chi connectivity index (χ3v) is 8.42. The van der Waals surface area contributed by atoms with Gasteiger partial charge in [0, 0.05) is 43.8 Å². The Bertz CT molecular complexity index is 998. The summed E-state index contributed by atoms with van der Waals surface area (Å²) in [5.41, 5.74) is 1.44. The number of nitrogens with one attached hydrogen (secondary N) is 2. The van der Waals surface area contributed by atoms with Crippen LogP contribution in [-0.2, 0) is 16.6 Å². The summed E-state index contributed by atoms with van der Waals surface area (Å²) in [6.45, 7) is 3.75. The second-order valence-electron chi connectivity index (χ2n) is 8.78. The number of piperidine rings is 1. The first-order valence-corrected chi connectivity index (χ1v) is 13.2. The molecule has 0 saturated carbocycles. The Kier molecular flexibility index (Phi) is 7.95. The Balaban J connectivity index is 1.29. The van der Waals surface area contributed by atoms with Crippen molar-refractivity contribution in [3.8, 4) is 0 Å². The Morgan fingerprint density at radius 3 is 2.30 bits per heavy atom. The molecule has 0 bridgehead atoms. The summed E-state index contributed by atoms with van der Waals surface area (Å²) in [4.78, 5) is 19.0. The van der Waals surface area contributed by atoms with E-state index in [1.807, 2.05) is 12.1 Å². The number of aromatic nitrogens is 1. The summed E-state index contributed by atoms with van der Waals surface area (Å²) < 4.78 is 27.9. The molecule has 2 fully saturated rings. The fourth-order valence-electron chi connectivity index (χ4n) is 4.63. The van der Waals surface area contributed by atoms with Crippen LogP contribution in [0.5, 0.6) is 0 Å². The van der Waals surface area contributed by atoms with Crippen molar-refractivity contribution in [1.82, 2.24) is 19.5 Å². The highest BCUT2D eigenvalue weighted by Gasteiger charge is 2.31. The van der Waals surface area contributed by atoms with Gasteiger partial charge < -0.3 is 15.5 Å². The van der Waals surface area contributed by atoms with Crippen molar-refractivity contribution >= 4 is 21.7 Å². The summed E-state index contributed by atoms with van der Waals surface area (Å²) >= 11 is 0. The average molecular weight is 472 g/mol. The number of anilines is 1. The number of rotatable bonds is 6. The molecule has 2 aromatic rings. The van der Waals surface area contributed by atoms with Crippen LogP contribution in [0.3, 0.4) is 0 Å². The Hall–Kier alpha value is -2.49. The van der Waals surface area contributed by atoms with Crippen molar-refractivity contribution in [3.05, 3.63) is 54.4 Å². The molecule has 0 aliphatic carbocycles. The van der Waals surface area contributed by atoms with Crippen LogP contribution in [0.15, 0.2) is 53.7 Å². The van der Waals surface area contributed by atoms with Crippen LogP contribution < -0.4 is 10.6 Å². The Labute approximate surface area is 196 Å². The molecule has 9 heteroatoms.